The third-order valence-electron chi connectivity index (χ3n) is 3.13. The van der Waals surface area contributed by atoms with E-state index in [0.717, 1.165) is 12.8 Å². The van der Waals surface area contributed by atoms with Crippen LogP contribution in [0.5, 0.6) is 0 Å². The fourth-order valence-corrected chi connectivity index (χ4v) is 2.11. The van der Waals surface area contributed by atoms with E-state index >= 15 is 0 Å². The maximum absolute atomic E-state index is 11.2. The molecule has 2 aromatic rings. The number of nitrogens with zero attached hydrogens (tertiary/aromatic N) is 4. The Hall–Kier alpha value is -2.11. The molecule has 2 aromatic heterocycles. The van der Waals surface area contributed by atoms with E-state index in [-0.39, 0.29) is 5.92 Å². The normalized spacial score (nSPS) is 17.0. The minimum absolute atomic E-state index is 0.195. The summed E-state index contributed by atoms with van der Waals surface area (Å²) < 4.78 is 5.25. The maximum atomic E-state index is 11.2. The summed E-state index contributed by atoms with van der Waals surface area (Å²) in [4.78, 5) is 23.6. The summed E-state index contributed by atoms with van der Waals surface area (Å²) in [5.74, 6) is 1.57. The van der Waals surface area contributed by atoms with E-state index < -0.39 is 0 Å². The van der Waals surface area contributed by atoms with Crippen molar-refractivity contribution in [3.8, 4) is 11.5 Å². The number of hydrogen-bond donors (Lipinski definition) is 0. The van der Waals surface area contributed by atoms with E-state index in [2.05, 4.69) is 20.1 Å². The maximum Gasteiger partial charge on any atom is 0.230 e. The van der Waals surface area contributed by atoms with Crippen molar-refractivity contribution in [2.45, 2.75) is 31.6 Å². The molecule has 3 rings (SSSR count). The van der Waals surface area contributed by atoms with Gasteiger partial charge in [0.2, 0.25) is 11.7 Å². The molecule has 0 radical (unpaired) electrons. The Balaban J connectivity index is 1.80. The molecule has 2 heterocycles. The van der Waals surface area contributed by atoms with Crippen LogP contribution in [0.2, 0.25) is 0 Å². The lowest BCUT2D eigenvalue weighted by Gasteiger charge is -2.16. The predicted octanol–water partition coefficient (Wildman–Crippen LogP) is 1.75. The highest BCUT2D eigenvalue weighted by Crippen LogP contribution is 2.30. The van der Waals surface area contributed by atoms with E-state index in [1.54, 1.807) is 18.6 Å². The van der Waals surface area contributed by atoms with Crippen molar-refractivity contribution < 1.29 is 9.32 Å². The van der Waals surface area contributed by atoms with Crippen molar-refractivity contribution >= 4 is 5.78 Å². The molecule has 92 valence electrons. The van der Waals surface area contributed by atoms with Crippen molar-refractivity contribution in [1.29, 1.82) is 0 Å². The molecule has 0 spiro atoms. The molecule has 1 saturated carbocycles. The number of ketones is 1. The lowest BCUT2D eigenvalue weighted by Crippen LogP contribution is -2.12. The van der Waals surface area contributed by atoms with Gasteiger partial charge in [-0.1, -0.05) is 5.16 Å². The summed E-state index contributed by atoms with van der Waals surface area (Å²) in [6, 6.07) is 0. The summed E-state index contributed by atoms with van der Waals surface area (Å²) in [5, 5.41) is 3.91. The molecule has 0 atom stereocenters. The van der Waals surface area contributed by atoms with Gasteiger partial charge in [0.25, 0.3) is 0 Å². The number of Topliss-reactive ketones (excluding diaryl/α,β-unsaturated/α-hetero) is 1. The zero-order valence-corrected chi connectivity index (χ0v) is 9.74. The second-order valence-electron chi connectivity index (χ2n) is 4.36. The van der Waals surface area contributed by atoms with Gasteiger partial charge < -0.3 is 4.52 Å². The largest absolute Gasteiger partial charge is 0.339 e. The Morgan fingerprint density at radius 1 is 1.22 bits per heavy atom. The fourth-order valence-electron chi connectivity index (χ4n) is 2.11. The van der Waals surface area contributed by atoms with Gasteiger partial charge in [0.1, 0.15) is 11.5 Å². The molecule has 1 fully saturated rings. The lowest BCUT2D eigenvalue weighted by atomic mass is 9.88. The van der Waals surface area contributed by atoms with Gasteiger partial charge in [-0.05, 0) is 12.8 Å². The van der Waals surface area contributed by atoms with Crippen LogP contribution >= 0.6 is 0 Å². The second kappa shape index (κ2) is 4.64. The molecular weight excluding hydrogens is 232 g/mol. The van der Waals surface area contributed by atoms with Crippen molar-refractivity contribution in [2.75, 3.05) is 0 Å². The summed E-state index contributed by atoms with van der Waals surface area (Å²) in [6.07, 6.45) is 7.57. The van der Waals surface area contributed by atoms with Crippen LogP contribution in [0, 0.1) is 0 Å². The van der Waals surface area contributed by atoms with Gasteiger partial charge in [0.05, 0.1) is 6.20 Å². The Morgan fingerprint density at radius 3 is 2.78 bits per heavy atom. The molecule has 0 saturated heterocycles. The minimum Gasteiger partial charge on any atom is -0.339 e. The Kier molecular flexibility index (Phi) is 2.84. The summed E-state index contributed by atoms with van der Waals surface area (Å²) >= 11 is 0. The van der Waals surface area contributed by atoms with Gasteiger partial charge in [-0.25, -0.2) is 4.98 Å². The van der Waals surface area contributed by atoms with Crippen molar-refractivity contribution in [1.82, 2.24) is 20.1 Å². The van der Waals surface area contributed by atoms with E-state index in [1.165, 1.54) is 0 Å². The van der Waals surface area contributed by atoms with Gasteiger partial charge in [0, 0.05) is 31.2 Å². The standard InChI is InChI=1S/C12H12N4O2/c17-9-3-1-8(2-4-9)12-15-11(16-18-12)10-7-13-5-6-14-10/h5-8H,1-4H2. The molecule has 18 heavy (non-hydrogen) atoms. The van der Waals surface area contributed by atoms with E-state index in [4.69, 9.17) is 4.52 Å². The number of aromatic nitrogens is 4. The topological polar surface area (TPSA) is 81.8 Å². The molecule has 1 aliphatic rings. The van der Waals surface area contributed by atoms with Crippen LogP contribution in [0.4, 0.5) is 0 Å². The van der Waals surface area contributed by atoms with Crippen LogP contribution in [0.15, 0.2) is 23.1 Å². The molecular formula is C12H12N4O2. The first-order valence-corrected chi connectivity index (χ1v) is 5.94. The first-order valence-electron chi connectivity index (χ1n) is 5.94. The van der Waals surface area contributed by atoms with Crippen LogP contribution < -0.4 is 0 Å². The summed E-state index contributed by atoms with van der Waals surface area (Å²) in [7, 11) is 0. The first kappa shape index (κ1) is 11.0. The zero-order valence-electron chi connectivity index (χ0n) is 9.74. The average molecular weight is 244 g/mol. The number of hydrogen-bond acceptors (Lipinski definition) is 6. The molecule has 0 aliphatic heterocycles. The van der Waals surface area contributed by atoms with Gasteiger partial charge in [-0.2, -0.15) is 4.98 Å². The van der Waals surface area contributed by atoms with E-state index in [1.807, 2.05) is 0 Å². The second-order valence-corrected chi connectivity index (χ2v) is 4.36. The highest BCUT2D eigenvalue weighted by Gasteiger charge is 2.25. The molecule has 0 bridgehead atoms. The molecule has 6 heteroatoms. The third-order valence-corrected chi connectivity index (χ3v) is 3.13. The van der Waals surface area contributed by atoms with Crippen LogP contribution in [0.3, 0.4) is 0 Å². The van der Waals surface area contributed by atoms with E-state index in [0.29, 0.717) is 36.0 Å². The Morgan fingerprint density at radius 2 is 2.06 bits per heavy atom. The molecule has 0 N–H and O–H groups in total. The third kappa shape index (κ3) is 2.13. The lowest BCUT2D eigenvalue weighted by molar-refractivity contribution is -0.120. The molecule has 0 aromatic carbocycles. The molecule has 6 nitrogen and oxygen atoms in total. The first-order chi connectivity index (χ1) is 8.83. The van der Waals surface area contributed by atoms with Crippen LogP contribution in [-0.4, -0.2) is 25.9 Å². The number of rotatable bonds is 2. The fraction of sp³-hybridized carbons (Fsp3) is 0.417. The van der Waals surface area contributed by atoms with Crippen molar-refractivity contribution in [2.24, 2.45) is 0 Å². The van der Waals surface area contributed by atoms with Gasteiger partial charge in [-0.3, -0.25) is 9.78 Å². The van der Waals surface area contributed by atoms with Crippen LogP contribution in [0.25, 0.3) is 11.5 Å². The van der Waals surface area contributed by atoms with Gasteiger partial charge >= 0.3 is 0 Å². The quantitative estimate of drug-likeness (QED) is 0.800. The number of carbonyl (C=O) groups is 1. The van der Waals surface area contributed by atoms with Gasteiger partial charge in [-0.15, -0.1) is 0 Å². The predicted molar refractivity (Wildman–Crippen MR) is 61.5 cm³/mol. The van der Waals surface area contributed by atoms with Gasteiger partial charge in [0.15, 0.2) is 0 Å². The number of carbonyl (C=O) groups excluding carboxylic acids is 1. The molecule has 0 unspecified atom stereocenters. The van der Waals surface area contributed by atoms with Crippen molar-refractivity contribution in [3.05, 3.63) is 24.5 Å². The van der Waals surface area contributed by atoms with E-state index in [9.17, 15) is 4.79 Å². The molecule has 0 amide bonds. The smallest absolute Gasteiger partial charge is 0.230 e. The van der Waals surface area contributed by atoms with Crippen LogP contribution in [-0.2, 0) is 4.79 Å². The Bertz CT molecular complexity index is 542. The highest BCUT2D eigenvalue weighted by atomic mass is 16.5. The highest BCUT2D eigenvalue weighted by molar-refractivity contribution is 5.79. The SMILES string of the molecule is O=C1CCC(c2nc(-c3cnccn3)no2)CC1. The minimum atomic E-state index is 0.195. The summed E-state index contributed by atoms with van der Waals surface area (Å²) in [5.41, 5.74) is 0.597. The zero-order chi connectivity index (χ0) is 12.4. The molecule has 1 aliphatic carbocycles. The summed E-state index contributed by atoms with van der Waals surface area (Å²) in [6.45, 7) is 0. The van der Waals surface area contributed by atoms with Crippen molar-refractivity contribution in [3.63, 3.8) is 0 Å². The monoisotopic (exact) mass is 244 g/mol. The van der Waals surface area contributed by atoms with Crippen LogP contribution in [0.1, 0.15) is 37.5 Å². The Labute approximate surface area is 103 Å². The average Bonchev–Trinajstić information content (AvgIpc) is 2.90.